The van der Waals surface area contributed by atoms with E-state index in [2.05, 4.69) is 40.9 Å². The van der Waals surface area contributed by atoms with Crippen molar-refractivity contribution in [2.24, 2.45) is 0 Å². The molecule has 10 heteroatoms. The number of carbonyl (C=O) groups is 2. The monoisotopic (exact) mass is 527 g/mol. The van der Waals surface area contributed by atoms with Gasteiger partial charge >= 0.3 is 0 Å². The van der Waals surface area contributed by atoms with E-state index in [-0.39, 0.29) is 37.3 Å². The van der Waals surface area contributed by atoms with Crippen LogP contribution in [0.1, 0.15) is 30.5 Å². The predicted octanol–water partition coefficient (Wildman–Crippen LogP) is 2.71. The minimum Gasteiger partial charge on any atom is -0.353 e. The number of amides is 2. The molecule has 0 atom stereocenters. The molecule has 1 aliphatic heterocycles. The number of halogens is 1. The van der Waals surface area contributed by atoms with Crippen molar-refractivity contribution in [1.29, 1.82) is 0 Å². The van der Waals surface area contributed by atoms with Crippen molar-refractivity contribution in [1.82, 2.24) is 30.4 Å². The van der Waals surface area contributed by atoms with Gasteiger partial charge in [0.15, 0.2) is 0 Å². The van der Waals surface area contributed by atoms with E-state index in [1.165, 1.54) is 11.1 Å². The van der Waals surface area contributed by atoms with Gasteiger partial charge in [0.05, 0.1) is 24.8 Å². The summed E-state index contributed by atoms with van der Waals surface area (Å²) in [6.45, 7) is 10.6. The highest BCUT2D eigenvalue weighted by atomic mass is 35.5. The van der Waals surface area contributed by atoms with Crippen LogP contribution >= 0.6 is 12.4 Å². The molecule has 0 unspecified atom stereocenters. The molecule has 2 amide bonds. The number of fused-ring (bicyclic) bond motifs is 2. The fraction of sp³-hybridized carbons (Fsp3) is 0.444. The summed E-state index contributed by atoms with van der Waals surface area (Å²) in [5.41, 5.74) is 5.40. The van der Waals surface area contributed by atoms with Crippen LogP contribution in [0.15, 0.2) is 42.6 Å². The summed E-state index contributed by atoms with van der Waals surface area (Å²) in [5, 5.41) is 15.4. The van der Waals surface area contributed by atoms with E-state index in [0.29, 0.717) is 26.2 Å². The van der Waals surface area contributed by atoms with Crippen LogP contribution in [-0.4, -0.2) is 71.4 Å². The summed E-state index contributed by atoms with van der Waals surface area (Å²) in [7, 11) is 1.81. The Balaban J connectivity index is 0.00000380. The lowest BCUT2D eigenvalue weighted by Crippen LogP contribution is -2.48. The maximum Gasteiger partial charge on any atom is 0.256 e. The minimum atomic E-state index is -0.110. The molecular formula is C27H38ClN7O2. The zero-order valence-electron chi connectivity index (χ0n) is 22.2. The number of nitrogens with zero attached hydrogens (tertiary/aromatic N) is 5. The summed E-state index contributed by atoms with van der Waals surface area (Å²) < 4.78 is 1.95. The summed E-state index contributed by atoms with van der Waals surface area (Å²) >= 11 is 0. The Kier molecular flexibility index (Phi) is 9.91. The van der Waals surface area contributed by atoms with Crippen LogP contribution in [0.5, 0.6) is 0 Å². The lowest BCUT2D eigenvalue weighted by atomic mass is 10.1. The maximum absolute atomic E-state index is 13.5. The largest absolute Gasteiger partial charge is 0.353 e. The lowest BCUT2D eigenvalue weighted by Gasteiger charge is -2.32. The highest BCUT2D eigenvalue weighted by Crippen LogP contribution is 2.28. The van der Waals surface area contributed by atoms with Gasteiger partial charge in [0.25, 0.3) is 5.91 Å². The van der Waals surface area contributed by atoms with Crippen LogP contribution in [0.3, 0.4) is 0 Å². The van der Waals surface area contributed by atoms with Gasteiger partial charge in [0, 0.05) is 50.8 Å². The Morgan fingerprint density at radius 3 is 2.41 bits per heavy atom. The number of aromatic nitrogens is 2. The van der Waals surface area contributed by atoms with Gasteiger partial charge in [-0.25, -0.2) is 5.01 Å². The molecule has 4 rings (SSSR count). The molecule has 1 aromatic heterocycles. The van der Waals surface area contributed by atoms with Crippen molar-refractivity contribution in [3.05, 3.63) is 59.3 Å². The smallest absolute Gasteiger partial charge is 0.256 e. The third-order valence-electron chi connectivity index (χ3n) is 6.74. The molecule has 0 fully saturated rings. The van der Waals surface area contributed by atoms with Crippen molar-refractivity contribution < 1.29 is 9.59 Å². The fourth-order valence-electron chi connectivity index (χ4n) is 4.68. The van der Waals surface area contributed by atoms with Gasteiger partial charge in [-0.1, -0.05) is 31.2 Å². The second-order valence-electron chi connectivity index (χ2n) is 9.23. The molecule has 2 aromatic carbocycles. The van der Waals surface area contributed by atoms with E-state index in [1.807, 2.05) is 59.9 Å². The number of anilines is 1. The number of carbonyl (C=O) groups excluding carboxylic acids is 2. The lowest BCUT2D eigenvalue weighted by molar-refractivity contribution is -0.145. The third kappa shape index (κ3) is 6.60. The fourth-order valence-corrected chi connectivity index (χ4v) is 4.68. The number of benzene rings is 2. The van der Waals surface area contributed by atoms with E-state index in [4.69, 9.17) is 0 Å². The average molecular weight is 528 g/mol. The van der Waals surface area contributed by atoms with Crippen molar-refractivity contribution >= 4 is 40.8 Å². The molecule has 0 radical (unpaired) electrons. The first-order chi connectivity index (χ1) is 17.4. The number of aryl methyl sites for hydroxylation is 2. The van der Waals surface area contributed by atoms with Gasteiger partial charge in [0.1, 0.15) is 0 Å². The van der Waals surface area contributed by atoms with Gasteiger partial charge in [-0.05, 0) is 49.2 Å². The Morgan fingerprint density at radius 2 is 1.76 bits per heavy atom. The molecule has 0 saturated heterocycles. The van der Waals surface area contributed by atoms with Crippen molar-refractivity contribution in [3.8, 4) is 0 Å². The van der Waals surface area contributed by atoms with E-state index in [9.17, 15) is 9.59 Å². The van der Waals surface area contributed by atoms with E-state index in [1.54, 1.807) is 5.01 Å². The molecule has 2 heterocycles. The molecule has 1 aliphatic rings. The molecule has 3 aromatic rings. The van der Waals surface area contributed by atoms with Crippen molar-refractivity contribution in [2.75, 3.05) is 44.7 Å². The van der Waals surface area contributed by atoms with Gasteiger partial charge in [-0.3, -0.25) is 19.3 Å². The standard InChI is InChI=1S/C27H37N7O2.ClH/c1-5-28-11-12-29-26(35)18-32(24-14-23-15-30-34(6-2)25(23)13-20(24)3)19-27(36)31(4)33-16-21-9-7-8-10-22(21)17-33;/h7-10,13-15,28H,5-6,11-12,16-19H2,1-4H3,(H,29,35);1H. The molecule has 9 nitrogen and oxygen atoms in total. The Hall–Kier alpha value is -3.14. The molecule has 2 N–H and O–H groups in total. The molecule has 0 aliphatic carbocycles. The summed E-state index contributed by atoms with van der Waals surface area (Å²) in [6.07, 6.45) is 1.84. The van der Waals surface area contributed by atoms with E-state index < -0.39 is 0 Å². The summed E-state index contributed by atoms with van der Waals surface area (Å²) in [5.74, 6) is -0.173. The Labute approximate surface area is 225 Å². The maximum atomic E-state index is 13.5. The summed E-state index contributed by atoms with van der Waals surface area (Å²) in [4.78, 5) is 28.2. The zero-order chi connectivity index (χ0) is 25.7. The van der Waals surface area contributed by atoms with Crippen LogP contribution in [0.4, 0.5) is 5.69 Å². The van der Waals surface area contributed by atoms with Crippen molar-refractivity contribution in [3.63, 3.8) is 0 Å². The Morgan fingerprint density at radius 1 is 1.05 bits per heavy atom. The van der Waals surface area contributed by atoms with Gasteiger partial charge in [-0.15, -0.1) is 12.4 Å². The minimum absolute atomic E-state index is 0. The quantitative estimate of drug-likeness (QED) is 0.373. The predicted molar refractivity (Wildman–Crippen MR) is 150 cm³/mol. The first kappa shape index (κ1) is 28.4. The molecule has 0 saturated carbocycles. The van der Waals surface area contributed by atoms with Crippen LogP contribution < -0.4 is 15.5 Å². The number of likely N-dealkylation sites (N-methyl/N-ethyl adjacent to an activating group) is 2. The SMILES string of the molecule is CCNCCNC(=O)CN(CC(=O)N(C)N1Cc2ccccc2C1)c1cc2cnn(CC)c2cc1C.Cl. The van der Waals surface area contributed by atoms with Crippen LogP contribution in [-0.2, 0) is 29.2 Å². The topological polar surface area (TPSA) is 85.7 Å². The highest BCUT2D eigenvalue weighted by Gasteiger charge is 2.27. The van der Waals surface area contributed by atoms with Crippen LogP contribution in [0.25, 0.3) is 10.9 Å². The normalized spacial score (nSPS) is 12.8. The van der Waals surface area contributed by atoms with Crippen LogP contribution in [0, 0.1) is 6.92 Å². The van der Waals surface area contributed by atoms with E-state index >= 15 is 0 Å². The number of nitrogens with one attached hydrogen (secondary N) is 2. The molecule has 0 bridgehead atoms. The number of hydrogen-bond acceptors (Lipinski definition) is 6. The van der Waals surface area contributed by atoms with E-state index in [0.717, 1.165) is 35.2 Å². The first-order valence-electron chi connectivity index (χ1n) is 12.7. The molecule has 0 spiro atoms. The van der Waals surface area contributed by atoms with Crippen LogP contribution in [0.2, 0.25) is 0 Å². The van der Waals surface area contributed by atoms with Gasteiger partial charge < -0.3 is 15.5 Å². The highest BCUT2D eigenvalue weighted by molar-refractivity contribution is 5.90. The Bertz CT molecular complexity index is 1200. The molecular weight excluding hydrogens is 490 g/mol. The molecule has 37 heavy (non-hydrogen) atoms. The molecule has 200 valence electrons. The van der Waals surface area contributed by atoms with Crippen molar-refractivity contribution in [2.45, 2.75) is 40.4 Å². The number of hydrogen-bond donors (Lipinski definition) is 2. The zero-order valence-corrected chi connectivity index (χ0v) is 23.0. The average Bonchev–Trinajstić information content (AvgIpc) is 3.48. The van der Waals surface area contributed by atoms with Gasteiger partial charge in [0.2, 0.25) is 5.91 Å². The summed E-state index contributed by atoms with van der Waals surface area (Å²) in [6, 6.07) is 12.4. The number of hydrazine groups is 1. The third-order valence-corrected chi connectivity index (χ3v) is 6.74. The second kappa shape index (κ2) is 12.9. The first-order valence-corrected chi connectivity index (χ1v) is 12.7. The van der Waals surface area contributed by atoms with Gasteiger partial charge in [-0.2, -0.15) is 5.10 Å². The second-order valence-corrected chi connectivity index (χ2v) is 9.23. The number of rotatable bonds is 11.